The number of imidazole rings is 1. The van der Waals surface area contributed by atoms with Crippen LogP contribution in [0.5, 0.6) is 0 Å². The van der Waals surface area contributed by atoms with Crippen LogP contribution in [0.3, 0.4) is 0 Å². The minimum absolute atomic E-state index is 0.0359. The van der Waals surface area contributed by atoms with Crippen molar-refractivity contribution in [3.63, 3.8) is 0 Å². The van der Waals surface area contributed by atoms with Crippen LogP contribution in [0.15, 0.2) is 60.9 Å². The molecule has 1 amide bonds. The number of benzene rings is 2. The summed E-state index contributed by atoms with van der Waals surface area (Å²) in [5, 5.41) is 13.1. The number of nitrogens with zero attached hydrogens (tertiary/aromatic N) is 3. The average molecular weight is 416 g/mol. The van der Waals surface area contributed by atoms with Gasteiger partial charge in [0.1, 0.15) is 5.82 Å². The number of nitrogens with one attached hydrogen (secondary N) is 1. The number of carbonyl (C=O) groups is 1. The molecule has 0 saturated carbocycles. The third-order valence-corrected chi connectivity index (χ3v) is 4.15. The van der Waals surface area contributed by atoms with Crippen molar-refractivity contribution in [2.24, 2.45) is 0 Å². The van der Waals surface area contributed by atoms with Gasteiger partial charge in [-0.2, -0.15) is 13.2 Å². The van der Waals surface area contributed by atoms with Gasteiger partial charge in [0.2, 0.25) is 5.91 Å². The first-order valence-corrected chi connectivity index (χ1v) is 8.59. The van der Waals surface area contributed by atoms with E-state index < -0.39 is 22.6 Å². The van der Waals surface area contributed by atoms with E-state index in [1.807, 2.05) is 0 Å². The molecule has 0 aliphatic carbocycles. The van der Waals surface area contributed by atoms with Crippen molar-refractivity contribution >= 4 is 23.4 Å². The Morgan fingerprint density at radius 1 is 1.20 bits per heavy atom. The minimum Gasteiger partial charge on any atom is -0.322 e. The summed E-state index contributed by atoms with van der Waals surface area (Å²) >= 11 is 0. The fraction of sp³-hybridized carbons (Fsp3) is 0.100. The van der Waals surface area contributed by atoms with E-state index in [0.717, 1.165) is 18.2 Å². The molecule has 1 heterocycles. The van der Waals surface area contributed by atoms with Gasteiger partial charge in [0.15, 0.2) is 0 Å². The minimum atomic E-state index is -4.60. The maximum atomic E-state index is 13.3. The number of aryl methyl sites for hydroxylation is 1. The molecule has 0 saturated heterocycles. The fourth-order valence-electron chi connectivity index (χ4n) is 2.70. The normalized spacial score (nSPS) is 11.6. The van der Waals surface area contributed by atoms with E-state index in [-0.39, 0.29) is 17.1 Å². The van der Waals surface area contributed by atoms with Gasteiger partial charge in [0.25, 0.3) is 5.69 Å². The van der Waals surface area contributed by atoms with E-state index in [1.54, 1.807) is 6.92 Å². The number of rotatable bonds is 5. The van der Waals surface area contributed by atoms with Crippen LogP contribution < -0.4 is 5.32 Å². The number of aromatic nitrogens is 2. The number of carbonyl (C=O) groups excluding carboxylic acids is 1. The molecule has 0 radical (unpaired) electrons. The highest BCUT2D eigenvalue weighted by Gasteiger charge is 2.31. The predicted molar refractivity (Wildman–Crippen MR) is 104 cm³/mol. The first kappa shape index (κ1) is 20.8. The summed E-state index contributed by atoms with van der Waals surface area (Å²) in [5.74, 6) is -0.161. The van der Waals surface area contributed by atoms with Crippen molar-refractivity contribution in [3.8, 4) is 5.69 Å². The number of alkyl halides is 3. The SMILES string of the molecule is Cc1nccn1-c1cc(NC(=O)/C=C/c2ccc([N+](=O)[O-])cc2)cc(C(F)(F)F)c1. The number of non-ortho nitro benzene ring substituents is 1. The lowest BCUT2D eigenvalue weighted by molar-refractivity contribution is -0.384. The molecular weight excluding hydrogens is 401 g/mol. The number of hydrogen-bond acceptors (Lipinski definition) is 4. The van der Waals surface area contributed by atoms with E-state index in [0.29, 0.717) is 11.4 Å². The van der Waals surface area contributed by atoms with Gasteiger partial charge < -0.3 is 9.88 Å². The molecule has 3 aromatic rings. The molecule has 0 aliphatic heterocycles. The van der Waals surface area contributed by atoms with Crippen LogP contribution in [0.2, 0.25) is 0 Å². The Bertz CT molecular complexity index is 1120. The summed E-state index contributed by atoms with van der Waals surface area (Å²) in [5.41, 5.74) is -0.319. The van der Waals surface area contributed by atoms with Gasteiger partial charge in [-0.25, -0.2) is 4.98 Å². The second-order valence-electron chi connectivity index (χ2n) is 6.28. The summed E-state index contributed by atoms with van der Waals surface area (Å²) in [6, 6.07) is 8.68. The Labute approximate surface area is 168 Å². The van der Waals surface area contributed by atoms with Crippen molar-refractivity contribution in [2.75, 3.05) is 5.32 Å². The second kappa shape index (κ2) is 8.19. The van der Waals surface area contributed by atoms with Crippen LogP contribution in [0, 0.1) is 17.0 Å². The largest absolute Gasteiger partial charge is 0.416 e. The molecule has 3 rings (SSSR count). The third-order valence-electron chi connectivity index (χ3n) is 4.15. The van der Waals surface area contributed by atoms with Crippen molar-refractivity contribution in [1.29, 1.82) is 0 Å². The van der Waals surface area contributed by atoms with Crippen molar-refractivity contribution in [1.82, 2.24) is 9.55 Å². The Morgan fingerprint density at radius 3 is 2.47 bits per heavy atom. The molecule has 1 N–H and O–H groups in total. The summed E-state index contributed by atoms with van der Waals surface area (Å²) in [6.07, 6.45) is 0.904. The van der Waals surface area contributed by atoms with Crippen LogP contribution in [0.4, 0.5) is 24.5 Å². The number of hydrogen-bond donors (Lipinski definition) is 1. The third kappa shape index (κ3) is 4.90. The second-order valence-corrected chi connectivity index (χ2v) is 6.28. The number of amides is 1. The van der Waals surface area contributed by atoms with Gasteiger partial charge in [-0.3, -0.25) is 14.9 Å². The van der Waals surface area contributed by atoms with Crippen LogP contribution >= 0.6 is 0 Å². The highest BCUT2D eigenvalue weighted by atomic mass is 19.4. The monoisotopic (exact) mass is 416 g/mol. The molecule has 0 atom stereocenters. The molecule has 0 unspecified atom stereocenters. The lowest BCUT2D eigenvalue weighted by atomic mass is 10.1. The smallest absolute Gasteiger partial charge is 0.322 e. The highest BCUT2D eigenvalue weighted by Crippen LogP contribution is 2.33. The standard InChI is InChI=1S/C20H15F3N4O3/c1-13-24-8-9-26(13)18-11-15(20(21,22)23)10-16(12-18)25-19(28)7-4-14-2-5-17(6-3-14)27(29)30/h2-12H,1H3,(H,25,28)/b7-4+. The van der Waals surface area contributed by atoms with E-state index in [1.165, 1.54) is 53.4 Å². The first-order valence-electron chi connectivity index (χ1n) is 8.59. The molecule has 10 heteroatoms. The van der Waals surface area contributed by atoms with Gasteiger partial charge >= 0.3 is 6.18 Å². The lowest BCUT2D eigenvalue weighted by Gasteiger charge is -2.14. The quantitative estimate of drug-likeness (QED) is 0.369. The Hall–Kier alpha value is -3.95. The zero-order chi connectivity index (χ0) is 21.9. The summed E-state index contributed by atoms with van der Waals surface area (Å²) in [6.45, 7) is 1.64. The number of nitro groups is 1. The molecule has 0 aliphatic rings. The maximum absolute atomic E-state index is 13.3. The molecule has 0 bridgehead atoms. The van der Waals surface area contributed by atoms with Crippen molar-refractivity contribution < 1.29 is 22.9 Å². The van der Waals surface area contributed by atoms with E-state index >= 15 is 0 Å². The summed E-state index contributed by atoms with van der Waals surface area (Å²) in [4.78, 5) is 26.3. The van der Waals surface area contributed by atoms with Crippen molar-refractivity contribution in [3.05, 3.63) is 88.0 Å². The Kier molecular flexibility index (Phi) is 5.67. The molecule has 0 spiro atoms. The molecule has 1 aromatic heterocycles. The lowest BCUT2D eigenvalue weighted by Crippen LogP contribution is -2.12. The van der Waals surface area contributed by atoms with E-state index in [9.17, 15) is 28.1 Å². The summed E-state index contributed by atoms with van der Waals surface area (Å²) < 4.78 is 41.3. The van der Waals surface area contributed by atoms with Crippen LogP contribution in [0.1, 0.15) is 17.0 Å². The van der Waals surface area contributed by atoms with Gasteiger partial charge in [0.05, 0.1) is 10.5 Å². The zero-order valence-electron chi connectivity index (χ0n) is 15.6. The molecule has 7 nitrogen and oxygen atoms in total. The summed E-state index contributed by atoms with van der Waals surface area (Å²) in [7, 11) is 0. The van der Waals surface area contributed by atoms with Gasteiger partial charge in [-0.05, 0) is 48.9 Å². The average Bonchev–Trinajstić information content (AvgIpc) is 3.11. The van der Waals surface area contributed by atoms with Crippen molar-refractivity contribution in [2.45, 2.75) is 13.1 Å². The zero-order valence-corrected chi connectivity index (χ0v) is 15.6. The number of halogens is 3. The van der Waals surface area contributed by atoms with Crippen LogP contribution in [0.25, 0.3) is 11.8 Å². The number of nitro benzene ring substituents is 1. The van der Waals surface area contributed by atoms with Crippen LogP contribution in [-0.2, 0) is 11.0 Å². The topological polar surface area (TPSA) is 90.1 Å². The first-order chi connectivity index (χ1) is 14.1. The maximum Gasteiger partial charge on any atom is 0.416 e. The highest BCUT2D eigenvalue weighted by molar-refractivity contribution is 6.02. The van der Waals surface area contributed by atoms with E-state index in [2.05, 4.69) is 10.3 Å². The Balaban J connectivity index is 1.83. The molecule has 0 fully saturated rings. The van der Waals surface area contributed by atoms with Gasteiger partial charge in [0, 0.05) is 42.0 Å². The van der Waals surface area contributed by atoms with Gasteiger partial charge in [-0.1, -0.05) is 0 Å². The van der Waals surface area contributed by atoms with Crippen LogP contribution in [-0.4, -0.2) is 20.4 Å². The van der Waals surface area contributed by atoms with E-state index in [4.69, 9.17) is 0 Å². The molecule has 154 valence electrons. The number of anilines is 1. The predicted octanol–water partition coefficient (Wildman–Crippen LogP) is 4.76. The van der Waals surface area contributed by atoms with Gasteiger partial charge in [-0.15, -0.1) is 0 Å². The fourth-order valence-corrected chi connectivity index (χ4v) is 2.70. The molecule has 30 heavy (non-hydrogen) atoms. The molecular formula is C20H15F3N4O3. The molecule has 2 aromatic carbocycles. The Morgan fingerprint density at radius 2 is 1.90 bits per heavy atom.